The normalized spacial score (nSPS) is 24.5. The molecule has 9 rings (SSSR count). The summed E-state index contributed by atoms with van der Waals surface area (Å²) in [6.07, 6.45) is 2.26. The number of nitrogens with two attached hydrogens (primary N) is 3. The molecule has 0 unspecified atom stereocenters. The third-order valence-electron chi connectivity index (χ3n) is 25.3. The molecule has 6 aromatic rings. The van der Waals surface area contributed by atoms with Crippen LogP contribution >= 0.6 is 11.8 Å². The van der Waals surface area contributed by atoms with Gasteiger partial charge in [-0.05, 0) is 138 Å². The molecule has 15 atom stereocenters. The molecule has 3 aliphatic rings. The van der Waals surface area contributed by atoms with Crippen LogP contribution in [0.2, 0.25) is 0 Å². The largest absolute Gasteiger partial charge is 0.508 e. The summed E-state index contributed by atoms with van der Waals surface area (Å²) in [5, 5.41) is 67.1. The van der Waals surface area contributed by atoms with Crippen molar-refractivity contribution in [2.45, 2.75) is 253 Å². The second kappa shape index (κ2) is 52.8. The first-order chi connectivity index (χ1) is 65.9. The summed E-state index contributed by atoms with van der Waals surface area (Å²) >= 11 is 0.712. The Morgan fingerprint density at radius 2 is 1.06 bits per heavy atom. The number of ketones is 1. The Morgan fingerprint density at radius 3 is 1.68 bits per heavy atom. The lowest BCUT2D eigenvalue weighted by molar-refractivity contribution is -0.149. The number of thioether (sulfide) groups is 1. The number of carbonyl (C=O) groups is 18. The van der Waals surface area contributed by atoms with Crippen LogP contribution in [0.15, 0.2) is 97.7 Å². The van der Waals surface area contributed by atoms with Crippen molar-refractivity contribution in [3.63, 3.8) is 0 Å². The van der Waals surface area contributed by atoms with Crippen molar-refractivity contribution >= 4 is 140 Å². The number of hydrogen-bond acceptors (Lipinski definition) is 24. The Kier molecular flexibility index (Phi) is 41.4. The minimum atomic E-state index is -1.79. The Morgan fingerprint density at radius 1 is 0.522 bits per heavy atom. The number of hydrogen-bond donors (Lipinski definition) is 19. The lowest BCUT2D eigenvalue weighted by atomic mass is 9.90. The minimum absolute atomic E-state index is 0.0103. The first-order valence-corrected chi connectivity index (χ1v) is 48.0. The number of rotatable bonds is 30. The molecule has 43 nitrogen and oxygen atoms in total. The number of carbonyl (C=O) groups excluding carboxylic acids is 16. The van der Waals surface area contributed by atoms with E-state index in [-0.39, 0.29) is 121 Å². The molecule has 3 fully saturated rings. The molecule has 3 aromatic carbocycles. The molecule has 0 aliphatic carbocycles. The molecular formula is C94H131N21O22S. The predicted molar refractivity (Wildman–Crippen MR) is 506 cm³/mol. The van der Waals surface area contributed by atoms with Gasteiger partial charge in [0.2, 0.25) is 88.6 Å². The number of phenols is 1. The van der Waals surface area contributed by atoms with Gasteiger partial charge < -0.3 is 125 Å². The highest BCUT2D eigenvalue weighted by atomic mass is 32.2. The number of benzene rings is 3. The number of carboxylic acids is 2. The SMILES string of the molecule is CCCC[C@H]1C(=O)N(C)[C@@H](CCCC)C(=O)N[C@@H](CCC(=O)O)C(=O)N[C@H](C(=O)NCC(N)=O)CSCC(=O)N[C@@H](Cc2ccc(O)cc2)C(=O)N(C)[C@@H](C)C(=O)N[C@@H](CCC(=O)O)C(=O)N2CCC[C@H]2C(=O)N[C@@H](Cc2c[nH]cn2)C(=O)N[C@@H](CCCN)C(=O)N2C[C@H](O)C[C@H]2C(=O)C[C@@H](Cc2c[nH]c3ccccc23)C(=O)N[C@@H](CCCCN)C(=O)N[C@@H](Cc2c[nH]c3ccccc23)C(=O)N1C. The van der Waals surface area contributed by atoms with E-state index in [9.17, 15) is 63.6 Å². The van der Waals surface area contributed by atoms with E-state index in [1.54, 1.807) is 60.9 Å². The van der Waals surface area contributed by atoms with Crippen molar-refractivity contribution in [2.75, 3.05) is 65.4 Å². The van der Waals surface area contributed by atoms with Gasteiger partial charge in [0, 0.05) is 131 Å². The molecule has 0 saturated carbocycles. The Bertz CT molecular complexity index is 5270. The number of aromatic nitrogens is 4. The van der Waals surface area contributed by atoms with Crippen molar-refractivity contribution in [3.05, 3.63) is 120 Å². The van der Waals surface area contributed by atoms with E-state index in [1.165, 1.54) is 69.8 Å². The minimum Gasteiger partial charge on any atom is -0.508 e. The molecule has 3 aliphatic heterocycles. The number of aliphatic carboxylic acids is 2. The molecular weight excluding hydrogens is 1810 g/mol. The maximum atomic E-state index is 15.9. The first-order valence-electron chi connectivity index (χ1n) is 46.8. The zero-order valence-electron chi connectivity index (χ0n) is 78.6. The number of Topliss-reactive ketones (excluding diaryl/α,β-unsaturated/α-hetero) is 1. The highest BCUT2D eigenvalue weighted by Crippen LogP contribution is 2.31. The molecule has 22 N–H and O–H groups in total. The third-order valence-corrected chi connectivity index (χ3v) is 26.3. The number of H-pyrrole nitrogens is 3. The maximum absolute atomic E-state index is 15.9. The molecule has 0 spiro atoms. The summed E-state index contributed by atoms with van der Waals surface area (Å²) in [5.41, 5.74) is 20.6. The number of aliphatic hydroxyl groups is 1. The molecule has 0 bridgehead atoms. The van der Waals surface area contributed by atoms with Crippen LogP contribution < -0.4 is 65.1 Å². The van der Waals surface area contributed by atoms with Gasteiger partial charge in [0.1, 0.15) is 78.3 Å². The zero-order valence-corrected chi connectivity index (χ0v) is 79.4. The number of unbranched alkanes of at least 4 members (excludes halogenated alkanes) is 3. The molecule has 0 radical (unpaired) electrons. The Balaban J connectivity index is 1.12. The fourth-order valence-corrected chi connectivity index (χ4v) is 18.2. The third kappa shape index (κ3) is 30.6. The van der Waals surface area contributed by atoms with E-state index >= 15 is 43.2 Å². The quantitative estimate of drug-likeness (QED) is 0.0255. The zero-order chi connectivity index (χ0) is 101. The highest BCUT2D eigenvalue weighted by molar-refractivity contribution is 8.00. The molecule has 3 aromatic heterocycles. The summed E-state index contributed by atoms with van der Waals surface area (Å²) in [6, 6.07) is -0.178. The van der Waals surface area contributed by atoms with Gasteiger partial charge in [0.05, 0.1) is 36.5 Å². The number of primary amides is 1. The van der Waals surface area contributed by atoms with Gasteiger partial charge in [-0.1, -0.05) is 88.1 Å². The van der Waals surface area contributed by atoms with Crippen molar-refractivity contribution < 1.29 is 107 Å². The van der Waals surface area contributed by atoms with Gasteiger partial charge in [-0.2, -0.15) is 0 Å². The molecule has 6 heterocycles. The van der Waals surface area contributed by atoms with Crippen molar-refractivity contribution in [3.8, 4) is 5.75 Å². The number of imidazole rings is 1. The average Bonchev–Trinajstić information content (AvgIpc) is 1.75. The second-order valence-electron chi connectivity index (χ2n) is 35.4. The van der Waals surface area contributed by atoms with Crippen LogP contribution in [0.5, 0.6) is 5.75 Å². The van der Waals surface area contributed by atoms with E-state index in [2.05, 4.69) is 67.8 Å². The number of aromatic hydroxyl groups is 1. The van der Waals surface area contributed by atoms with Gasteiger partial charge in [-0.15, -0.1) is 11.8 Å². The summed E-state index contributed by atoms with van der Waals surface area (Å²) in [7, 11) is 3.89. The standard InChI is InChI=1S/C94H131N21O22S/c1-7-9-25-73-88(131)105-66(32-34-80(121)122)86(129)110-72(84(127)101-48-78(97)119)50-138-51-79(120)103-70(39-54-28-30-59(116)31-29-54)90(133)111(4)53(3)82(125)106-68(33-35-81(123)124)92(135)114-38-18-27-74(114)89(132)108-69(43-58-47-98-52-102-58)87(130)107-67(24-17-37-96)93(136)115-49-60(117)44-76(115)77(118)42-55(40-56-45-99-63-21-13-11-19-61(56)63)83(126)104-65(23-15-16-36-95)85(128)109-71(41-57-46-100-64-22-14-12-20-62(57)64)91(134)113(6)75(26-10-8-2)94(137)112(73)5/h11-14,19-22,28-31,45-47,52-53,55,60,65-76,99-100,116-117H,7-10,15-18,23-27,32-44,48-51,95-96H2,1-6H3,(H2,97,119)(H,98,102)(H,101,127)(H,103,120)(H,104,126)(H,105,131)(H,106,125)(H,107,130)(H,108,132)(H,109,128)(H,110,129)(H,121,122)(H,123,124)/t53-,55+,60+,65-,66-,67-,68-,69-,70-,71-,72-,73-,74-,75-,76-/m0/s1. The van der Waals surface area contributed by atoms with E-state index in [0.717, 1.165) is 19.6 Å². The number of nitrogens with zero attached hydrogens (tertiary/aromatic N) is 6. The lowest BCUT2D eigenvalue weighted by Crippen LogP contribution is -2.60. The summed E-state index contributed by atoms with van der Waals surface area (Å²) < 4.78 is 0. The number of carboxylic acid groups (broad SMARTS) is 2. The maximum Gasteiger partial charge on any atom is 0.303 e. The lowest BCUT2D eigenvalue weighted by Gasteiger charge is -2.36. The summed E-state index contributed by atoms with van der Waals surface area (Å²) in [5.74, 6) is -20.0. The molecule has 750 valence electrons. The first kappa shape index (κ1) is 108. The van der Waals surface area contributed by atoms with Gasteiger partial charge in [-0.25, -0.2) is 4.98 Å². The Hall–Kier alpha value is -13.4. The van der Waals surface area contributed by atoms with Crippen molar-refractivity contribution in [1.82, 2.24) is 92.3 Å². The summed E-state index contributed by atoms with van der Waals surface area (Å²) in [4.78, 5) is 283. The van der Waals surface area contributed by atoms with Crippen LogP contribution in [0.4, 0.5) is 0 Å². The number of aromatic amines is 3. The highest BCUT2D eigenvalue weighted by Gasteiger charge is 2.47. The van der Waals surface area contributed by atoms with E-state index in [1.807, 2.05) is 13.8 Å². The van der Waals surface area contributed by atoms with Crippen molar-refractivity contribution in [2.24, 2.45) is 23.1 Å². The van der Waals surface area contributed by atoms with E-state index in [0.29, 0.717) is 75.9 Å². The molecule has 15 amide bonds. The van der Waals surface area contributed by atoms with E-state index in [4.69, 9.17) is 17.2 Å². The topological polar surface area (TPSA) is 651 Å². The smallest absolute Gasteiger partial charge is 0.303 e. The monoisotopic (exact) mass is 1940 g/mol. The van der Waals surface area contributed by atoms with Gasteiger partial charge >= 0.3 is 11.9 Å². The molecule has 44 heteroatoms. The number of likely N-dealkylation sites (N-methyl/N-ethyl adjacent to an activating group) is 3. The Labute approximate surface area is 802 Å². The number of phenolic OH excluding ortho intramolecular Hbond substituents is 1. The van der Waals surface area contributed by atoms with Crippen molar-refractivity contribution in [1.29, 1.82) is 0 Å². The molecule has 138 heavy (non-hydrogen) atoms. The summed E-state index contributed by atoms with van der Waals surface area (Å²) in [6.45, 7) is 3.75. The van der Waals surface area contributed by atoms with Crippen LogP contribution in [0, 0.1) is 5.92 Å². The van der Waals surface area contributed by atoms with Crippen LogP contribution in [-0.4, -0.2) is 321 Å². The fraction of sp³-hybridized carbons (Fsp3) is 0.543. The second-order valence-corrected chi connectivity index (χ2v) is 36.4. The van der Waals surface area contributed by atoms with Gasteiger partial charge in [0.25, 0.3) is 0 Å². The number of fused-ring (bicyclic) bond motifs is 4. The number of aliphatic hydroxyl groups excluding tert-OH is 1. The van der Waals surface area contributed by atoms with Crippen LogP contribution in [0.3, 0.4) is 0 Å². The predicted octanol–water partition coefficient (Wildman–Crippen LogP) is -0.418. The van der Waals surface area contributed by atoms with Crippen LogP contribution in [-0.2, 0) is 112 Å². The average molecular weight is 1940 g/mol. The number of para-hydroxylation sites is 2. The van der Waals surface area contributed by atoms with Gasteiger partial charge in [-0.3, -0.25) is 86.3 Å². The number of nitrogens with one attached hydrogen (secondary N) is 12. The van der Waals surface area contributed by atoms with Crippen LogP contribution in [0.25, 0.3) is 21.8 Å². The van der Waals surface area contributed by atoms with Crippen LogP contribution in [0.1, 0.15) is 165 Å². The number of amides is 15. The van der Waals surface area contributed by atoms with E-state index < -0.39 is 254 Å². The fourth-order valence-electron chi connectivity index (χ4n) is 17.4. The molecule has 3 saturated heterocycles. The van der Waals surface area contributed by atoms with Gasteiger partial charge in [0.15, 0.2) is 5.78 Å².